The molecule has 3 rings (SSSR count). The fourth-order valence-corrected chi connectivity index (χ4v) is 3.26. The molecular weight excluding hydrogens is 290 g/mol. The predicted molar refractivity (Wildman–Crippen MR) is 91.4 cm³/mol. The molecule has 1 atom stereocenters. The van der Waals surface area contributed by atoms with Crippen LogP contribution < -0.4 is 5.32 Å². The minimum atomic E-state index is -0.910. The van der Waals surface area contributed by atoms with Gasteiger partial charge in [-0.25, -0.2) is 0 Å². The molecule has 1 aromatic heterocycles. The molecule has 0 saturated carbocycles. The second-order valence-corrected chi connectivity index (χ2v) is 6.28. The summed E-state index contributed by atoms with van der Waals surface area (Å²) in [7, 11) is 0. The van der Waals surface area contributed by atoms with E-state index in [-0.39, 0.29) is 5.91 Å². The number of carbonyl (C=O) groups is 1. The molecule has 0 radical (unpaired) electrons. The van der Waals surface area contributed by atoms with Gasteiger partial charge in [-0.2, -0.15) is 0 Å². The van der Waals surface area contributed by atoms with Gasteiger partial charge in [-0.15, -0.1) is 0 Å². The van der Waals surface area contributed by atoms with E-state index in [2.05, 4.69) is 29.4 Å². The van der Waals surface area contributed by atoms with Crippen molar-refractivity contribution in [2.75, 3.05) is 18.4 Å². The lowest BCUT2D eigenvalue weighted by atomic mass is 10.0. The minimum absolute atomic E-state index is 0.171. The zero-order valence-electron chi connectivity index (χ0n) is 13.6. The average Bonchev–Trinajstić information content (AvgIpc) is 2.55. The molecule has 0 bridgehead atoms. The molecule has 1 aromatic carbocycles. The Morgan fingerprint density at radius 3 is 2.78 bits per heavy atom. The average molecular weight is 313 g/mol. The largest absolute Gasteiger partial charge is 0.384 e. The van der Waals surface area contributed by atoms with Crippen molar-refractivity contribution in [1.29, 1.82) is 0 Å². The Morgan fingerprint density at radius 1 is 1.35 bits per heavy atom. The van der Waals surface area contributed by atoms with Gasteiger partial charge in [0, 0.05) is 48.0 Å². The number of fused-ring (bicyclic) bond motifs is 1. The molecule has 23 heavy (non-hydrogen) atoms. The van der Waals surface area contributed by atoms with Gasteiger partial charge < -0.3 is 15.3 Å². The summed E-state index contributed by atoms with van der Waals surface area (Å²) in [6.07, 6.45) is 4.64. The number of hydrogen-bond acceptors (Lipinski definition) is 4. The monoisotopic (exact) mass is 313 g/mol. The highest BCUT2D eigenvalue weighted by atomic mass is 16.3. The Kier molecular flexibility index (Phi) is 4.48. The maximum atomic E-state index is 11.8. The van der Waals surface area contributed by atoms with Crippen LogP contribution in [0, 0.1) is 6.92 Å². The van der Waals surface area contributed by atoms with Gasteiger partial charge in [0.15, 0.2) is 0 Å². The molecule has 2 N–H and O–H groups in total. The van der Waals surface area contributed by atoms with Gasteiger partial charge in [-0.1, -0.05) is 12.1 Å². The van der Waals surface area contributed by atoms with Crippen molar-refractivity contribution >= 4 is 22.4 Å². The Balaban J connectivity index is 1.71. The second-order valence-electron chi connectivity index (χ2n) is 6.28. The van der Waals surface area contributed by atoms with Gasteiger partial charge in [-0.3, -0.25) is 9.78 Å². The second kappa shape index (κ2) is 6.54. The van der Waals surface area contributed by atoms with E-state index in [4.69, 9.17) is 0 Å². The molecule has 122 valence electrons. The number of carbonyl (C=O) groups excluding carboxylic acids is 1. The van der Waals surface area contributed by atoms with Crippen LogP contribution in [-0.4, -0.2) is 46.1 Å². The Bertz CT molecular complexity index is 701. The summed E-state index contributed by atoms with van der Waals surface area (Å²) >= 11 is 0. The number of aromatic nitrogens is 1. The number of piperidine rings is 1. The van der Waals surface area contributed by atoms with E-state index in [9.17, 15) is 9.90 Å². The third-order valence-electron chi connectivity index (χ3n) is 4.50. The zero-order chi connectivity index (χ0) is 16.4. The van der Waals surface area contributed by atoms with Crippen LogP contribution >= 0.6 is 0 Å². The maximum absolute atomic E-state index is 11.8. The number of hydrogen-bond donors (Lipinski definition) is 2. The van der Waals surface area contributed by atoms with Gasteiger partial charge in [0.05, 0.1) is 0 Å². The third kappa shape index (κ3) is 3.29. The molecule has 1 fully saturated rings. The SMILES string of the molecule is Cc1cncc2cccc(NC3CCN(C(=O)[C@H](C)O)CC3)c12. The Labute approximate surface area is 136 Å². The molecule has 1 amide bonds. The Hall–Kier alpha value is -2.14. The van der Waals surface area contributed by atoms with Crippen LogP contribution in [0.4, 0.5) is 5.69 Å². The van der Waals surface area contributed by atoms with Gasteiger partial charge in [0.1, 0.15) is 6.10 Å². The molecule has 5 nitrogen and oxygen atoms in total. The first kappa shape index (κ1) is 15.7. The third-order valence-corrected chi connectivity index (χ3v) is 4.50. The fourth-order valence-electron chi connectivity index (χ4n) is 3.26. The topological polar surface area (TPSA) is 65.5 Å². The van der Waals surface area contributed by atoms with Crippen LogP contribution in [0.2, 0.25) is 0 Å². The van der Waals surface area contributed by atoms with Crippen LogP contribution in [0.3, 0.4) is 0 Å². The molecule has 1 aliphatic rings. The summed E-state index contributed by atoms with van der Waals surface area (Å²) in [5.74, 6) is -0.171. The van der Waals surface area contributed by atoms with E-state index in [1.165, 1.54) is 12.3 Å². The van der Waals surface area contributed by atoms with Crippen molar-refractivity contribution in [3.63, 3.8) is 0 Å². The summed E-state index contributed by atoms with van der Waals surface area (Å²) < 4.78 is 0. The molecule has 1 saturated heterocycles. The minimum Gasteiger partial charge on any atom is -0.384 e. The lowest BCUT2D eigenvalue weighted by molar-refractivity contribution is -0.140. The highest BCUT2D eigenvalue weighted by molar-refractivity contribution is 5.95. The quantitative estimate of drug-likeness (QED) is 0.913. The highest BCUT2D eigenvalue weighted by Crippen LogP contribution is 2.27. The van der Waals surface area contributed by atoms with Crippen molar-refractivity contribution in [1.82, 2.24) is 9.88 Å². The number of nitrogens with zero attached hydrogens (tertiary/aromatic N) is 2. The van der Waals surface area contributed by atoms with Crippen LogP contribution in [-0.2, 0) is 4.79 Å². The van der Waals surface area contributed by atoms with Gasteiger partial charge in [0.25, 0.3) is 5.91 Å². The molecule has 2 heterocycles. The van der Waals surface area contributed by atoms with Crippen molar-refractivity contribution in [3.05, 3.63) is 36.2 Å². The molecule has 0 unspecified atom stereocenters. The first-order valence-electron chi connectivity index (χ1n) is 8.13. The number of aryl methyl sites for hydroxylation is 1. The predicted octanol–water partition coefficient (Wildman–Crippen LogP) is 2.33. The normalized spacial score (nSPS) is 17.3. The van der Waals surface area contributed by atoms with Crippen molar-refractivity contribution in [2.24, 2.45) is 0 Å². The van der Waals surface area contributed by atoms with Crippen LogP contribution in [0.5, 0.6) is 0 Å². The van der Waals surface area contributed by atoms with E-state index in [1.54, 1.807) is 4.90 Å². The first-order valence-corrected chi connectivity index (χ1v) is 8.13. The standard InChI is InChI=1S/C18H23N3O2/c1-12-10-19-11-14-4-3-5-16(17(12)14)20-15-6-8-21(9-7-15)18(23)13(2)22/h3-5,10-11,13,15,20,22H,6-9H2,1-2H3/t13-/m0/s1. The van der Waals surface area contributed by atoms with E-state index in [1.807, 2.05) is 18.5 Å². The van der Waals surface area contributed by atoms with Crippen molar-refractivity contribution < 1.29 is 9.90 Å². The number of benzene rings is 1. The van der Waals surface area contributed by atoms with Gasteiger partial charge in [0.2, 0.25) is 0 Å². The summed E-state index contributed by atoms with van der Waals surface area (Å²) in [6, 6.07) is 6.55. The number of rotatable bonds is 3. The number of likely N-dealkylation sites (tertiary alicyclic amines) is 1. The molecule has 1 aliphatic heterocycles. The lowest BCUT2D eigenvalue weighted by Gasteiger charge is -2.33. The Morgan fingerprint density at radius 2 is 2.09 bits per heavy atom. The first-order chi connectivity index (χ1) is 11.1. The number of nitrogens with one attached hydrogen (secondary N) is 1. The molecular formula is C18H23N3O2. The number of pyridine rings is 1. The smallest absolute Gasteiger partial charge is 0.251 e. The van der Waals surface area contributed by atoms with Gasteiger partial charge >= 0.3 is 0 Å². The highest BCUT2D eigenvalue weighted by Gasteiger charge is 2.25. The summed E-state index contributed by atoms with van der Waals surface area (Å²) in [6.45, 7) is 4.98. The molecule has 0 aliphatic carbocycles. The van der Waals surface area contributed by atoms with E-state index in [0.717, 1.165) is 29.5 Å². The molecule has 5 heteroatoms. The van der Waals surface area contributed by atoms with Crippen molar-refractivity contribution in [3.8, 4) is 0 Å². The van der Waals surface area contributed by atoms with Crippen LogP contribution in [0.1, 0.15) is 25.3 Å². The number of aliphatic hydroxyl groups excluding tert-OH is 1. The fraction of sp³-hybridized carbons (Fsp3) is 0.444. The number of aliphatic hydroxyl groups is 1. The summed E-state index contributed by atoms with van der Waals surface area (Å²) in [5, 5.41) is 15.4. The molecule has 0 spiro atoms. The summed E-state index contributed by atoms with van der Waals surface area (Å²) in [5.41, 5.74) is 2.29. The van der Waals surface area contributed by atoms with Crippen LogP contribution in [0.25, 0.3) is 10.8 Å². The zero-order valence-corrected chi connectivity index (χ0v) is 13.6. The van der Waals surface area contributed by atoms with E-state index in [0.29, 0.717) is 19.1 Å². The lowest BCUT2D eigenvalue weighted by Crippen LogP contribution is -2.45. The van der Waals surface area contributed by atoms with E-state index < -0.39 is 6.10 Å². The van der Waals surface area contributed by atoms with Crippen molar-refractivity contribution in [2.45, 2.75) is 38.8 Å². The van der Waals surface area contributed by atoms with E-state index >= 15 is 0 Å². The van der Waals surface area contributed by atoms with Crippen LogP contribution in [0.15, 0.2) is 30.6 Å². The summed E-state index contributed by atoms with van der Waals surface area (Å²) in [4.78, 5) is 17.8. The van der Waals surface area contributed by atoms with Gasteiger partial charge in [-0.05, 0) is 38.3 Å². The maximum Gasteiger partial charge on any atom is 0.251 e. The number of amides is 1. The number of anilines is 1. The molecule has 2 aromatic rings.